The van der Waals surface area contributed by atoms with Gasteiger partial charge in [0.2, 0.25) is 0 Å². The van der Waals surface area contributed by atoms with Crippen molar-refractivity contribution < 1.29 is 23.5 Å². The number of amides is 1. The van der Waals surface area contributed by atoms with Crippen LogP contribution in [-0.4, -0.2) is 32.8 Å². The Morgan fingerprint density at radius 2 is 2.08 bits per heavy atom. The third kappa shape index (κ3) is 3.31. The second kappa shape index (κ2) is 7.23. The van der Waals surface area contributed by atoms with Gasteiger partial charge in [0.05, 0.1) is 5.69 Å². The lowest BCUT2D eigenvalue weighted by Crippen LogP contribution is -2.41. The molecule has 1 aromatic carbocycles. The Bertz CT molecular complexity index is 864. The van der Waals surface area contributed by atoms with Crippen molar-refractivity contribution in [1.82, 2.24) is 15.1 Å². The molecule has 1 amide bonds. The number of halogens is 2. The van der Waals surface area contributed by atoms with Crippen molar-refractivity contribution in [3.05, 3.63) is 46.8 Å². The standard InChI is InChI=1S/C18H19F2N3O3/c1-2-4-14(18(25)26)21-17(24)16-11-5-3-6-15(11)23(22-16)10-7-8-12(19)13(20)9-10/h7-9,14H,2-6H2,1H3,(H,21,24)(H,25,26). The SMILES string of the molecule is CCCC(NC(=O)c1nn(-c2ccc(F)c(F)c2)c2c1CCC2)C(=O)O. The molecule has 1 aromatic heterocycles. The van der Waals surface area contributed by atoms with Crippen LogP contribution in [-0.2, 0) is 17.6 Å². The van der Waals surface area contributed by atoms with Gasteiger partial charge in [-0.1, -0.05) is 13.3 Å². The van der Waals surface area contributed by atoms with Gasteiger partial charge in [-0.25, -0.2) is 18.3 Å². The van der Waals surface area contributed by atoms with Crippen molar-refractivity contribution >= 4 is 11.9 Å². The second-order valence-electron chi connectivity index (χ2n) is 6.29. The molecule has 0 saturated heterocycles. The van der Waals surface area contributed by atoms with Gasteiger partial charge in [0.25, 0.3) is 5.91 Å². The molecule has 26 heavy (non-hydrogen) atoms. The molecule has 0 bridgehead atoms. The first kappa shape index (κ1) is 18.0. The second-order valence-corrected chi connectivity index (χ2v) is 6.29. The molecule has 6 nitrogen and oxygen atoms in total. The number of rotatable bonds is 6. The zero-order valence-corrected chi connectivity index (χ0v) is 14.3. The van der Waals surface area contributed by atoms with E-state index in [2.05, 4.69) is 10.4 Å². The van der Waals surface area contributed by atoms with Crippen LogP contribution < -0.4 is 5.32 Å². The van der Waals surface area contributed by atoms with E-state index in [1.165, 1.54) is 10.7 Å². The summed E-state index contributed by atoms with van der Waals surface area (Å²) in [5, 5.41) is 16.0. The smallest absolute Gasteiger partial charge is 0.326 e. The summed E-state index contributed by atoms with van der Waals surface area (Å²) in [7, 11) is 0. The van der Waals surface area contributed by atoms with Crippen molar-refractivity contribution in [3.63, 3.8) is 0 Å². The first-order valence-electron chi connectivity index (χ1n) is 8.52. The average molecular weight is 363 g/mol. The largest absolute Gasteiger partial charge is 0.480 e. The minimum absolute atomic E-state index is 0.143. The fraction of sp³-hybridized carbons (Fsp3) is 0.389. The summed E-state index contributed by atoms with van der Waals surface area (Å²) < 4.78 is 28.2. The Kier molecular flexibility index (Phi) is 5.01. The highest BCUT2D eigenvalue weighted by Crippen LogP contribution is 2.28. The molecule has 1 aliphatic rings. The monoisotopic (exact) mass is 363 g/mol. The van der Waals surface area contributed by atoms with E-state index in [4.69, 9.17) is 0 Å². The molecule has 1 heterocycles. The lowest BCUT2D eigenvalue weighted by molar-refractivity contribution is -0.139. The zero-order valence-electron chi connectivity index (χ0n) is 14.3. The third-order valence-corrected chi connectivity index (χ3v) is 4.47. The molecular weight excluding hydrogens is 344 g/mol. The summed E-state index contributed by atoms with van der Waals surface area (Å²) in [6, 6.07) is 2.44. The Balaban J connectivity index is 1.95. The number of aliphatic carboxylic acids is 1. The normalized spacial score (nSPS) is 14.1. The maximum Gasteiger partial charge on any atom is 0.326 e. The van der Waals surface area contributed by atoms with Crippen LogP contribution in [0.15, 0.2) is 18.2 Å². The summed E-state index contributed by atoms with van der Waals surface area (Å²) in [5.41, 5.74) is 1.96. The molecule has 0 aliphatic heterocycles. The molecule has 2 N–H and O–H groups in total. The van der Waals surface area contributed by atoms with Gasteiger partial charge in [-0.3, -0.25) is 4.79 Å². The van der Waals surface area contributed by atoms with Crippen LogP contribution in [0.5, 0.6) is 0 Å². The summed E-state index contributed by atoms with van der Waals surface area (Å²) in [6.07, 6.45) is 3.03. The van der Waals surface area contributed by atoms with Crippen LogP contribution in [0.3, 0.4) is 0 Å². The average Bonchev–Trinajstić information content (AvgIpc) is 3.19. The number of carbonyl (C=O) groups is 2. The first-order chi connectivity index (χ1) is 12.4. The molecule has 0 radical (unpaired) electrons. The van der Waals surface area contributed by atoms with Crippen LogP contribution >= 0.6 is 0 Å². The molecule has 138 valence electrons. The van der Waals surface area contributed by atoms with Crippen LogP contribution in [0.25, 0.3) is 5.69 Å². The number of fused-ring (bicyclic) bond motifs is 1. The van der Waals surface area contributed by atoms with Gasteiger partial charge in [-0.05, 0) is 37.8 Å². The van der Waals surface area contributed by atoms with E-state index < -0.39 is 29.6 Å². The van der Waals surface area contributed by atoms with Crippen molar-refractivity contribution in [2.75, 3.05) is 0 Å². The molecule has 2 aromatic rings. The highest BCUT2D eigenvalue weighted by molar-refractivity contribution is 5.96. The van der Waals surface area contributed by atoms with Gasteiger partial charge in [-0.2, -0.15) is 5.10 Å². The highest BCUT2D eigenvalue weighted by Gasteiger charge is 2.29. The van der Waals surface area contributed by atoms with Gasteiger partial charge in [-0.15, -0.1) is 0 Å². The van der Waals surface area contributed by atoms with E-state index in [-0.39, 0.29) is 5.69 Å². The van der Waals surface area contributed by atoms with Gasteiger partial charge < -0.3 is 10.4 Å². The number of benzene rings is 1. The molecule has 8 heteroatoms. The Morgan fingerprint density at radius 1 is 1.31 bits per heavy atom. The van der Waals surface area contributed by atoms with Crippen molar-refractivity contribution in [1.29, 1.82) is 0 Å². The number of carbonyl (C=O) groups excluding carboxylic acids is 1. The summed E-state index contributed by atoms with van der Waals surface area (Å²) >= 11 is 0. The Hall–Kier alpha value is -2.77. The topological polar surface area (TPSA) is 84.2 Å². The van der Waals surface area contributed by atoms with E-state index in [1.807, 2.05) is 6.92 Å². The van der Waals surface area contributed by atoms with E-state index in [1.54, 1.807) is 0 Å². The highest BCUT2D eigenvalue weighted by atomic mass is 19.2. The molecule has 3 rings (SSSR count). The van der Waals surface area contributed by atoms with E-state index in [0.29, 0.717) is 31.4 Å². The van der Waals surface area contributed by atoms with E-state index >= 15 is 0 Å². The lowest BCUT2D eigenvalue weighted by Gasteiger charge is -2.12. The maximum atomic E-state index is 13.6. The quantitative estimate of drug-likeness (QED) is 0.826. The van der Waals surface area contributed by atoms with Crippen LogP contribution in [0.1, 0.15) is 47.9 Å². The maximum absolute atomic E-state index is 13.6. The minimum atomic E-state index is -1.10. The van der Waals surface area contributed by atoms with E-state index in [9.17, 15) is 23.5 Å². The number of aromatic nitrogens is 2. The molecular formula is C18H19F2N3O3. The first-order valence-corrected chi connectivity index (χ1v) is 8.52. The van der Waals surface area contributed by atoms with Crippen molar-refractivity contribution in [3.8, 4) is 5.69 Å². The number of nitrogens with one attached hydrogen (secondary N) is 1. The fourth-order valence-corrected chi connectivity index (χ4v) is 3.22. The minimum Gasteiger partial charge on any atom is -0.480 e. The number of carboxylic acid groups (broad SMARTS) is 1. The van der Waals surface area contributed by atoms with Crippen LogP contribution in [0.2, 0.25) is 0 Å². The molecule has 0 saturated carbocycles. The summed E-state index contributed by atoms with van der Waals surface area (Å²) in [6.45, 7) is 1.83. The van der Waals surface area contributed by atoms with Crippen LogP contribution in [0.4, 0.5) is 8.78 Å². The molecule has 1 atom stereocenters. The summed E-state index contributed by atoms with van der Waals surface area (Å²) in [5.74, 6) is -3.62. The Morgan fingerprint density at radius 3 is 2.73 bits per heavy atom. The third-order valence-electron chi connectivity index (χ3n) is 4.47. The lowest BCUT2D eigenvalue weighted by atomic mass is 10.1. The molecule has 0 spiro atoms. The number of hydrogen-bond donors (Lipinski definition) is 2. The van der Waals surface area contributed by atoms with E-state index in [0.717, 1.165) is 29.8 Å². The number of carboxylic acids is 1. The predicted molar refractivity (Wildman–Crippen MR) is 89.3 cm³/mol. The molecule has 0 fully saturated rings. The number of nitrogens with zero attached hydrogens (tertiary/aromatic N) is 2. The predicted octanol–water partition coefficient (Wildman–Crippen LogP) is 2.62. The van der Waals surface area contributed by atoms with Crippen molar-refractivity contribution in [2.45, 2.75) is 45.1 Å². The fourth-order valence-electron chi connectivity index (χ4n) is 3.22. The Labute approximate surface area is 148 Å². The van der Waals surface area contributed by atoms with Gasteiger partial charge in [0.15, 0.2) is 17.3 Å². The van der Waals surface area contributed by atoms with Gasteiger partial charge in [0, 0.05) is 17.3 Å². The number of hydrogen-bond acceptors (Lipinski definition) is 3. The molecule has 1 unspecified atom stereocenters. The molecule has 1 aliphatic carbocycles. The van der Waals surface area contributed by atoms with Crippen molar-refractivity contribution in [2.24, 2.45) is 0 Å². The van der Waals surface area contributed by atoms with Gasteiger partial charge >= 0.3 is 5.97 Å². The van der Waals surface area contributed by atoms with Gasteiger partial charge in [0.1, 0.15) is 6.04 Å². The summed E-state index contributed by atoms with van der Waals surface area (Å²) in [4.78, 5) is 23.8. The van der Waals surface area contributed by atoms with Crippen LogP contribution in [0, 0.1) is 11.6 Å². The zero-order chi connectivity index (χ0) is 18.8.